The smallest absolute Gasteiger partial charge is 0.225 e. The zero-order valence-corrected chi connectivity index (χ0v) is 15.3. The van der Waals surface area contributed by atoms with Gasteiger partial charge in [-0.1, -0.05) is 62.7 Å². The summed E-state index contributed by atoms with van der Waals surface area (Å²) in [6.45, 7) is 7.78. The zero-order valence-electron chi connectivity index (χ0n) is 14.5. The van der Waals surface area contributed by atoms with Gasteiger partial charge >= 0.3 is 0 Å². The molecular weight excluding hydrogens is 320 g/mol. The molecule has 0 unspecified atom stereocenters. The Bertz CT molecular complexity index is 675. The van der Waals surface area contributed by atoms with Crippen LogP contribution in [0.25, 0.3) is 0 Å². The fourth-order valence-corrected chi connectivity index (χ4v) is 2.55. The summed E-state index contributed by atoms with van der Waals surface area (Å²) in [5, 5.41) is 6.91. The zero-order chi connectivity index (χ0) is 17.6. The Morgan fingerprint density at radius 3 is 2.33 bits per heavy atom. The van der Waals surface area contributed by atoms with Gasteiger partial charge in [-0.05, 0) is 34.7 Å². The number of amides is 1. The minimum absolute atomic E-state index is 0.00478. The van der Waals surface area contributed by atoms with Crippen LogP contribution in [0.2, 0.25) is 5.02 Å². The van der Waals surface area contributed by atoms with Crippen molar-refractivity contribution in [3.05, 3.63) is 64.7 Å². The molecule has 0 bridgehead atoms. The molecule has 128 valence electrons. The lowest BCUT2D eigenvalue weighted by molar-refractivity contribution is -0.116. The number of nitrogens with one attached hydrogen (secondary N) is 2. The Morgan fingerprint density at radius 2 is 1.71 bits per heavy atom. The first kappa shape index (κ1) is 18.5. The van der Waals surface area contributed by atoms with E-state index in [1.807, 2.05) is 36.4 Å². The maximum absolute atomic E-state index is 12.0. The number of carbonyl (C=O) groups excluding carboxylic acids is 1. The van der Waals surface area contributed by atoms with Crippen molar-refractivity contribution in [1.82, 2.24) is 5.32 Å². The number of anilines is 1. The van der Waals surface area contributed by atoms with Crippen LogP contribution in [-0.4, -0.2) is 12.5 Å². The topological polar surface area (TPSA) is 41.1 Å². The lowest BCUT2D eigenvalue weighted by Crippen LogP contribution is -2.21. The summed E-state index contributed by atoms with van der Waals surface area (Å²) in [6.07, 6.45) is 0.422. The fourth-order valence-electron chi connectivity index (χ4n) is 2.34. The van der Waals surface area contributed by atoms with Crippen LogP contribution in [-0.2, 0) is 16.8 Å². The predicted molar refractivity (Wildman–Crippen MR) is 102 cm³/mol. The van der Waals surface area contributed by atoms with Crippen LogP contribution < -0.4 is 10.6 Å². The normalized spacial score (nSPS) is 11.3. The second-order valence-corrected chi connectivity index (χ2v) is 7.30. The van der Waals surface area contributed by atoms with Gasteiger partial charge in [0.1, 0.15) is 0 Å². The summed E-state index contributed by atoms with van der Waals surface area (Å²) in [6, 6.07) is 15.7. The fraction of sp³-hybridized carbons (Fsp3) is 0.350. The van der Waals surface area contributed by atoms with Gasteiger partial charge in [0.15, 0.2) is 0 Å². The Labute approximate surface area is 149 Å². The standard InChI is InChI=1S/C20H25ClN2O/c1-20(2,3)16-8-10-17(11-9-16)23-19(24)12-13-22-14-15-6-4-5-7-18(15)21/h4-11,22H,12-14H2,1-3H3,(H,23,24). The Kier molecular flexibility index (Phi) is 6.41. The molecule has 2 N–H and O–H groups in total. The Morgan fingerprint density at radius 1 is 1.04 bits per heavy atom. The summed E-state index contributed by atoms with van der Waals surface area (Å²) in [7, 11) is 0. The molecule has 0 aromatic heterocycles. The molecule has 0 saturated carbocycles. The third-order valence-electron chi connectivity index (χ3n) is 3.84. The first-order chi connectivity index (χ1) is 11.4. The van der Waals surface area contributed by atoms with E-state index in [4.69, 9.17) is 11.6 Å². The number of carbonyl (C=O) groups is 1. The molecule has 4 heteroatoms. The van der Waals surface area contributed by atoms with Gasteiger partial charge < -0.3 is 10.6 Å². The SMILES string of the molecule is CC(C)(C)c1ccc(NC(=O)CCNCc2ccccc2Cl)cc1. The largest absolute Gasteiger partial charge is 0.326 e. The van der Waals surface area contributed by atoms with Gasteiger partial charge in [0.25, 0.3) is 0 Å². The maximum Gasteiger partial charge on any atom is 0.225 e. The van der Waals surface area contributed by atoms with E-state index in [1.54, 1.807) is 0 Å². The minimum Gasteiger partial charge on any atom is -0.326 e. The Balaban J connectivity index is 1.74. The first-order valence-electron chi connectivity index (χ1n) is 8.21. The molecule has 0 heterocycles. The predicted octanol–water partition coefficient (Wildman–Crippen LogP) is 4.76. The molecule has 0 spiro atoms. The highest BCUT2D eigenvalue weighted by Crippen LogP contribution is 2.23. The van der Waals surface area contributed by atoms with Gasteiger partial charge in [-0.15, -0.1) is 0 Å². The molecule has 2 aromatic rings. The molecule has 2 aromatic carbocycles. The van der Waals surface area contributed by atoms with Crippen molar-refractivity contribution in [2.75, 3.05) is 11.9 Å². The molecule has 0 aliphatic rings. The van der Waals surface area contributed by atoms with E-state index in [2.05, 4.69) is 43.5 Å². The average Bonchev–Trinajstić information content (AvgIpc) is 2.53. The van der Waals surface area contributed by atoms with Crippen LogP contribution in [0.15, 0.2) is 48.5 Å². The van der Waals surface area contributed by atoms with Crippen LogP contribution >= 0.6 is 11.6 Å². The molecule has 0 fully saturated rings. The van der Waals surface area contributed by atoms with Gasteiger partial charge in [0.05, 0.1) is 0 Å². The minimum atomic E-state index is 0.00478. The lowest BCUT2D eigenvalue weighted by atomic mass is 9.87. The van der Waals surface area contributed by atoms with E-state index in [1.165, 1.54) is 5.56 Å². The molecule has 0 aliphatic carbocycles. The van der Waals surface area contributed by atoms with Crippen molar-refractivity contribution in [3.63, 3.8) is 0 Å². The second kappa shape index (κ2) is 8.32. The molecule has 0 saturated heterocycles. The molecule has 0 aliphatic heterocycles. The highest BCUT2D eigenvalue weighted by molar-refractivity contribution is 6.31. The van der Waals surface area contributed by atoms with E-state index < -0.39 is 0 Å². The van der Waals surface area contributed by atoms with E-state index in [9.17, 15) is 4.79 Å². The van der Waals surface area contributed by atoms with Crippen molar-refractivity contribution in [3.8, 4) is 0 Å². The number of halogens is 1. The number of hydrogen-bond acceptors (Lipinski definition) is 2. The molecule has 0 radical (unpaired) electrons. The molecule has 0 atom stereocenters. The van der Waals surface area contributed by atoms with Crippen LogP contribution in [0.5, 0.6) is 0 Å². The molecular formula is C20H25ClN2O. The summed E-state index contributed by atoms with van der Waals surface area (Å²) >= 11 is 6.10. The third kappa shape index (κ3) is 5.66. The van der Waals surface area contributed by atoms with Crippen LogP contribution in [0.4, 0.5) is 5.69 Å². The maximum atomic E-state index is 12.0. The van der Waals surface area contributed by atoms with Crippen molar-refractivity contribution in [2.24, 2.45) is 0 Å². The summed E-state index contributed by atoms with van der Waals surface area (Å²) in [5.41, 5.74) is 3.24. The third-order valence-corrected chi connectivity index (χ3v) is 4.21. The molecule has 3 nitrogen and oxygen atoms in total. The Hall–Kier alpha value is -1.84. The van der Waals surface area contributed by atoms with Crippen molar-refractivity contribution < 1.29 is 4.79 Å². The van der Waals surface area contributed by atoms with Gasteiger partial charge in [0.2, 0.25) is 5.91 Å². The van der Waals surface area contributed by atoms with Gasteiger partial charge in [-0.25, -0.2) is 0 Å². The van der Waals surface area contributed by atoms with Crippen molar-refractivity contribution in [2.45, 2.75) is 39.2 Å². The van der Waals surface area contributed by atoms with Crippen LogP contribution in [0.1, 0.15) is 38.3 Å². The number of rotatable bonds is 6. The summed E-state index contributed by atoms with van der Waals surface area (Å²) in [5.74, 6) is 0.00478. The first-order valence-corrected chi connectivity index (χ1v) is 8.58. The highest BCUT2D eigenvalue weighted by Gasteiger charge is 2.13. The molecule has 2 rings (SSSR count). The summed E-state index contributed by atoms with van der Waals surface area (Å²) in [4.78, 5) is 12.0. The van der Waals surface area contributed by atoms with Gasteiger partial charge in [-0.3, -0.25) is 4.79 Å². The quantitative estimate of drug-likeness (QED) is 0.742. The average molecular weight is 345 g/mol. The van der Waals surface area contributed by atoms with E-state index >= 15 is 0 Å². The second-order valence-electron chi connectivity index (χ2n) is 6.89. The van der Waals surface area contributed by atoms with E-state index in [0.717, 1.165) is 16.3 Å². The van der Waals surface area contributed by atoms with Crippen molar-refractivity contribution in [1.29, 1.82) is 0 Å². The van der Waals surface area contributed by atoms with E-state index in [-0.39, 0.29) is 11.3 Å². The number of hydrogen-bond donors (Lipinski definition) is 2. The van der Waals surface area contributed by atoms with Crippen LogP contribution in [0.3, 0.4) is 0 Å². The highest BCUT2D eigenvalue weighted by atomic mass is 35.5. The lowest BCUT2D eigenvalue weighted by Gasteiger charge is -2.19. The monoisotopic (exact) mass is 344 g/mol. The number of benzene rings is 2. The van der Waals surface area contributed by atoms with E-state index in [0.29, 0.717) is 19.5 Å². The van der Waals surface area contributed by atoms with Gasteiger partial charge in [0, 0.05) is 30.2 Å². The van der Waals surface area contributed by atoms with Crippen LogP contribution in [0, 0.1) is 0 Å². The molecule has 24 heavy (non-hydrogen) atoms. The van der Waals surface area contributed by atoms with Crippen molar-refractivity contribution >= 4 is 23.2 Å². The molecule has 1 amide bonds. The summed E-state index contributed by atoms with van der Waals surface area (Å²) < 4.78 is 0. The van der Waals surface area contributed by atoms with Gasteiger partial charge in [-0.2, -0.15) is 0 Å².